The van der Waals surface area contributed by atoms with E-state index < -0.39 is 26.2 Å². The number of hydrogen-bond acceptors (Lipinski definition) is 1. The molecule has 156 valence electrons. The molecular formula is C24H23O4PSnZr. The van der Waals surface area contributed by atoms with Gasteiger partial charge < -0.3 is 14.7 Å². The zero-order valence-electron chi connectivity index (χ0n) is 16.7. The van der Waals surface area contributed by atoms with Crippen LogP contribution in [0.5, 0.6) is 0 Å². The Labute approximate surface area is 205 Å². The molecular weight excluding hydrogens is 593 g/mol. The van der Waals surface area contributed by atoms with Crippen LogP contribution in [0.1, 0.15) is 0 Å². The van der Waals surface area contributed by atoms with E-state index in [2.05, 4.69) is 121 Å². The first-order chi connectivity index (χ1) is 14.4. The molecule has 0 radical (unpaired) electrons. The van der Waals surface area contributed by atoms with Crippen LogP contribution in [0.3, 0.4) is 0 Å². The first kappa shape index (κ1) is 25.9. The van der Waals surface area contributed by atoms with Crippen molar-refractivity contribution in [1.82, 2.24) is 0 Å². The molecule has 0 atom stereocenters. The van der Waals surface area contributed by atoms with E-state index >= 15 is 0 Å². The SMILES string of the molecule is O=P(O)(O)O.[Zr].c1cc[c]([Sn]([c]2ccccc2)([c]2ccccc2)[c]2ccccc2)cc1. The van der Waals surface area contributed by atoms with Gasteiger partial charge >= 0.3 is 162 Å². The van der Waals surface area contributed by atoms with Crippen molar-refractivity contribution < 1.29 is 45.4 Å². The Hall–Kier alpha value is -1.33. The van der Waals surface area contributed by atoms with Crippen molar-refractivity contribution in [2.75, 3.05) is 0 Å². The van der Waals surface area contributed by atoms with E-state index in [0.717, 1.165) is 0 Å². The molecule has 31 heavy (non-hydrogen) atoms. The summed E-state index contributed by atoms with van der Waals surface area (Å²) in [6.07, 6.45) is 0. The van der Waals surface area contributed by atoms with Gasteiger partial charge in [0.1, 0.15) is 0 Å². The van der Waals surface area contributed by atoms with Crippen molar-refractivity contribution in [1.29, 1.82) is 0 Å². The van der Waals surface area contributed by atoms with Crippen LogP contribution < -0.4 is 14.3 Å². The molecule has 0 aliphatic heterocycles. The second-order valence-electron chi connectivity index (χ2n) is 6.73. The second kappa shape index (κ2) is 12.1. The number of phosphoric acid groups is 1. The summed E-state index contributed by atoms with van der Waals surface area (Å²) < 4.78 is 14.8. The van der Waals surface area contributed by atoms with Gasteiger partial charge in [0.05, 0.1) is 0 Å². The fourth-order valence-corrected chi connectivity index (χ4v) is 17.4. The van der Waals surface area contributed by atoms with Gasteiger partial charge in [0.25, 0.3) is 0 Å². The van der Waals surface area contributed by atoms with Gasteiger partial charge in [-0.15, -0.1) is 0 Å². The average molecular weight is 616 g/mol. The Balaban J connectivity index is 0.000000514. The Morgan fingerprint density at radius 3 is 0.774 bits per heavy atom. The molecule has 4 rings (SSSR count). The molecule has 4 aromatic rings. The minimum absolute atomic E-state index is 0. The quantitative estimate of drug-likeness (QED) is 0.243. The van der Waals surface area contributed by atoms with E-state index in [4.69, 9.17) is 19.2 Å². The summed E-state index contributed by atoms with van der Waals surface area (Å²) >= 11 is -3.31. The number of benzene rings is 4. The first-order valence-corrected chi connectivity index (χ1v) is 16.7. The molecule has 7 heteroatoms. The van der Waals surface area contributed by atoms with Gasteiger partial charge in [0.2, 0.25) is 0 Å². The predicted molar refractivity (Wildman–Crippen MR) is 124 cm³/mol. The summed E-state index contributed by atoms with van der Waals surface area (Å²) in [6.45, 7) is 0. The van der Waals surface area contributed by atoms with Crippen molar-refractivity contribution >= 4 is 40.5 Å². The van der Waals surface area contributed by atoms with E-state index in [1.54, 1.807) is 0 Å². The molecule has 0 aliphatic rings. The van der Waals surface area contributed by atoms with E-state index in [1.807, 2.05) is 0 Å². The van der Waals surface area contributed by atoms with Crippen LogP contribution in [0.15, 0.2) is 121 Å². The summed E-state index contributed by atoms with van der Waals surface area (Å²) in [5.41, 5.74) is 0. The van der Waals surface area contributed by atoms with Crippen LogP contribution in [-0.4, -0.2) is 33.1 Å². The van der Waals surface area contributed by atoms with Crippen LogP contribution in [0.2, 0.25) is 0 Å². The van der Waals surface area contributed by atoms with E-state index in [-0.39, 0.29) is 26.2 Å². The van der Waals surface area contributed by atoms with Gasteiger partial charge in [-0.1, -0.05) is 0 Å². The molecule has 0 saturated carbocycles. The van der Waals surface area contributed by atoms with E-state index in [9.17, 15) is 0 Å². The summed E-state index contributed by atoms with van der Waals surface area (Å²) in [7, 11) is -4.64. The minimum atomic E-state index is -4.64. The monoisotopic (exact) mass is 616 g/mol. The zero-order valence-corrected chi connectivity index (χ0v) is 23.0. The zero-order chi connectivity index (χ0) is 21.5. The van der Waals surface area contributed by atoms with Gasteiger partial charge in [-0.2, -0.15) is 0 Å². The third-order valence-corrected chi connectivity index (χ3v) is 18.5. The molecule has 0 fully saturated rings. The molecule has 0 spiro atoms. The van der Waals surface area contributed by atoms with Crippen LogP contribution in [-0.2, 0) is 30.8 Å². The van der Waals surface area contributed by atoms with Crippen LogP contribution in [0.4, 0.5) is 0 Å². The average Bonchev–Trinajstić information content (AvgIpc) is 2.76. The Morgan fingerprint density at radius 2 is 0.613 bits per heavy atom. The predicted octanol–water partition coefficient (Wildman–Crippen LogP) is 2.13. The maximum absolute atomic E-state index is 8.88. The van der Waals surface area contributed by atoms with Crippen LogP contribution >= 0.6 is 7.82 Å². The summed E-state index contributed by atoms with van der Waals surface area (Å²) in [6, 6.07) is 44.4. The van der Waals surface area contributed by atoms with Crippen molar-refractivity contribution in [3.8, 4) is 0 Å². The third kappa shape index (κ3) is 6.82. The molecule has 0 bridgehead atoms. The molecule has 4 nitrogen and oxygen atoms in total. The van der Waals surface area contributed by atoms with Crippen molar-refractivity contribution in [2.45, 2.75) is 0 Å². The van der Waals surface area contributed by atoms with E-state index in [1.165, 1.54) is 14.3 Å². The summed E-state index contributed by atoms with van der Waals surface area (Å²) in [5, 5.41) is 0. The summed E-state index contributed by atoms with van der Waals surface area (Å²) in [5.74, 6) is 0. The summed E-state index contributed by atoms with van der Waals surface area (Å²) in [4.78, 5) is 21.6. The second-order valence-corrected chi connectivity index (χ2v) is 18.6. The number of rotatable bonds is 4. The van der Waals surface area contributed by atoms with E-state index in [0.29, 0.717) is 0 Å². The molecule has 0 aromatic heterocycles. The fourth-order valence-electron chi connectivity index (χ4n) is 3.75. The Morgan fingerprint density at radius 1 is 0.452 bits per heavy atom. The molecule has 0 heterocycles. The standard InChI is InChI=1S/4C6H5.H3O4P.Sn.Zr/c4*1-2-4-6-5-3-1;1-5(2,3)4;;/h4*1-5H;(H3,1,2,3,4);;. The molecule has 0 aliphatic carbocycles. The molecule has 4 aromatic carbocycles. The van der Waals surface area contributed by atoms with Crippen LogP contribution in [0, 0.1) is 0 Å². The maximum atomic E-state index is 8.88. The van der Waals surface area contributed by atoms with Gasteiger partial charge in [-0.05, 0) is 0 Å². The van der Waals surface area contributed by atoms with Crippen molar-refractivity contribution in [3.05, 3.63) is 121 Å². The topological polar surface area (TPSA) is 77.8 Å². The Kier molecular flexibility index (Phi) is 10.1. The van der Waals surface area contributed by atoms with Gasteiger partial charge in [-0.25, -0.2) is 4.57 Å². The fraction of sp³-hybridized carbons (Fsp3) is 0. The molecule has 3 N–H and O–H groups in total. The Bertz CT molecular complexity index is 920. The molecule has 0 amide bonds. The van der Waals surface area contributed by atoms with Crippen LogP contribution in [0.25, 0.3) is 0 Å². The normalized spacial score (nSPS) is 10.9. The molecule has 0 saturated heterocycles. The van der Waals surface area contributed by atoms with Crippen molar-refractivity contribution in [3.63, 3.8) is 0 Å². The van der Waals surface area contributed by atoms with Crippen molar-refractivity contribution in [2.24, 2.45) is 0 Å². The molecule has 0 unspecified atom stereocenters. The van der Waals surface area contributed by atoms with Gasteiger partial charge in [-0.3, -0.25) is 0 Å². The number of hydrogen-bond donors (Lipinski definition) is 3. The van der Waals surface area contributed by atoms with Gasteiger partial charge in [0.15, 0.2) is 0 Å². The first-order valence-electron chi connectivity index (χ1n) is 9.43. The van der Waals surface area contributed by atoms with Gasteiger partial charge in [0, 0.05) is 26.2 Å². The third-order valence-electron chi connectivity index (χ3n) is 4.83.